The molecule has 0 bridgehead atoms. The Bertz CT molecular complexity index is 957. The highest BCUT2D eigenvalue weighted by Crippen LogP contribution is 2.23. The minimum atomic E-state index is -0.311. The molecule has 0 radical (unpaired) electrons. The van der Waals surface area contributed by atoms with Gasteiger partial charge in [0, 0.05) is 27.8 Å². The average Bonchev–Trinajstić information content (AvgIpc) is 2.73. The maximum atomic E-state index is 11.7. The molecule has 0 amide bonds. The van der Waals surface area contributed by atoms with E-state index < -0.39 is 0 Å². The van der Waals surface area contributed by atoms with Crippen molar-refractivity contribution >= 4 is 34.9 Å². The fourth-order valence-corrected chi connectivity index (χ4v) is 3.11. The summed E-state index contributed by atoms with van der Waals surface area (Å²) >= 11 is 12.1. The quantitative estimate of drug-likeness (QED) is 0.423. The zero-order valence-electron chi connectivity index (χ0n) is 16.0. The lowest BCUT2D eigenvalue weighted by molar-refractivity contribution is 0.0526. The summed E-state index contributed by atoms with van der Waals surface area (Å²) < 4.78 is 10.8. The Morgan fingerprint density at radius 3 is 2.34 bits per heavy atom. The van der Waals surface area contributed by atoms with E-state index in [0.717, 1.165) is 22.6 Å². The lowest BCUT2D eigenvalue weighted by Crippen LogP contribution is -2.05. The van der Waals surface area contributed by atoms with Gasteiger partial charge in [-0.25, -0.2) is 4.79 Å². The minimum absolute atomic E-state index is 0.311. The van der Waals surface area contributed by atoms with Crippen molar-refractivity contribution in [2.24, 2.45) is 0 Å². The van der Waals surface area contributed by atoms with Gasteiger partial charge in [-0.2, -0.15) is 0 Å². The number of hydrogen-bond donors (Lipinski definition) is 1. The number of rotatable bonds is 8. The fraction of sp³-hybridized carbons (Fsp3) is 0.174. The van der Waals surface area contributed by atoms with Crippen LogP contribution in [0.3, 0.4) is 0 Å². The summed E-state index contributed by atoms with van der Waals surface area (Å²) in [4.78, 5) is 11.7. The molecule has 0 aliphatic heterocycles. The normalized spacial score (nSPS) is 10.4. The molecule has 1 N–H and O–H groups in total. The van der Waals surface area contributed by atoms with E-state index >= 15 is 0 Å². The lowest BCUT2D eigenvalue weighted by Gasteiger charge is -2.10. The average molecular weight is 430 g/mol. The van der Waals surface area contributed by atoms with Crippen molar-refractivity contribution in [2.75, 3.05) is 11.9 Å². The van der Waals surface area contributed by atoms with E-state index in [1.165, 1.54) is 0 Å². The third-order valence-corrected chi connectivity index (χ3v) is 4.81. The standard InChI is InChI=1S/C23H21Cl2NO3/c1-2-28-23(27)17-6-9-20(10-7-17)26-14-16-3-11-21(12-4-16)29-15-18-5-8-19(24)13-22(18)25/h3-13,26H,2,14-15H2,1H3. The van der Waals surface area contributed by atoms with Gasteiger partial charge >= 0.3 is 5.97 Å². The molecule has 6 heteroatoms. The van der Waals surface area contributed by atoms with E-state index in [0.29, 0.717) is 35.4 Å². The molecule has 3 rings (SSSR count). The minimum Gasteiger partial charge on any atom is -0.489 e. The molecule has 0 heterocycles. The molecule has 150 valence electrons. The van der Waals surface area contributed by atoms with Gasteiger partial charge < -0.3 is 14.8 Å². The highest BCUT2D eigenvalue weighted by molar-refractivity contribution is 6.35. The number of esters is 1. The maximum Gasteiger partial charge on any atom is 0.338 e. The van der Waals surface area contributed by atoms with Crippen molar-refractivity contribution in [3.05, 3.63) is 93.5 Å². The highest BCUT2D eigenvalue weighted by Gasteiger charge is 2.06. The van der Waals surface area contributed by atoms with E-state index in [2.05, 4.69) is 5.32 Å². The molecule has 0 aliphatic carbocycles. The molecule has 0 spiro atoms. The number of carbonyl (C=O) groups excluding carboxylic acids is 1. The van der Waals surface area contributed by atoms with Crippen LogP contribution in [0.4, 0.5) is 5.69 Å². The summed E-state index contributed by atoms with van der Waals surface area (Å²) in [7, 11) is 0. The van der Waals surface area contributed by atoms with Crippen molar-refractivity contribution in [2.45, 2.75) is 20.1 Å². The second-order valence-electron chi connectivity index (χ2n) is 6.32. The van der Waals surface area contributed by atoms with Gasteiger partial charge in [-0.15, -0.1) is 0 Å². The van der Waals surface area contributed by atoms with Crippen molar-refractivity contribution < 1.29 is 14.3 Å². The first-order valence-electron chi connectivity index (χ1n) is 9.22. The van der Waals surface area contributed by atoms with Gasteiger partial charge in [0.25, 0.3) is 0 Å². The molecular weight excluding hydrogens is 409 g/mol. The lowest BCUT2D eigenvalue weighted by atomic mass is 10.2. The number of carbonyl (C=O) groups is 1. The van der Waals surface area contributed by atoms with E-state index in [-0.39, 0.29) is 5.97 Å². The van der Waals surface area contributed by atoms with Crippen LogP contribution in [0.2, 0.25) is 10.0 Å². The molecule has 3 aromatic rings. The van der Waals surface area contributed by atoms with Crippen LogP contribution in [0.25, 0.3) is 0 Å². The van der Waals surface area contributed by atoms with Crippen LogP contribution in [-0.2, 0) is 17.9 Å². The van der Waals surface area contributed by atoms with Crippen LogP contribution in [-0.4, -0.2) is 12.6 Å². The summed E-state index contributed by atoms with van der Waals surface area (Å²) in [5.74, 6) is 0.452. The molecule has 0 saturated carbocycles. The summed E-state index contributed by atoms with van der Waals surface area (Å²) in [6.07, 6.45) is 0. The van der Waals surface area contributed by atoms with Crippen LogP contribution in [0, 0.1) is 0 Å². The van der Waals surface area contributed by atoms with Crippen LogP contribution >= 0.6 is 23.2 Å². The van der Waals surface area contributed by atoms with Crippen molar-refractivity contribution in [3.8, 4) is 5.75 Å². The van der Waals surface area contributed by atoms with E-state index in [9.17, 15) is 4.79 Å². The number of hydrogen-bond acceptors (Lipinski definition) is 4. The van der Waals surface area contributed by atoms with Crippen LogP contribution in [0.15, 0.2) is 66.7 Å². The number of nitrogens with one attached hydrogen (secondary N) is 1. The third kappa shape index (κ3) is 6.14. The first-order chi connectivity index (χ1) is 14.0. The van der Waals surface area contributed by atoms with Gasteiger partial charge in [-0.05, 0) is 61.0 Å². The number of ether oxygens (including phenoxy) is 2. The van der Waals surface area contributed by atoms with Crippen molar-refractivity contribution in [3.63, 3.8) is 0 Å². The monoisotopic (exact) mass is 429 g/mol. The molecule has 4 nitrogen and oxygen atoms in total. The zero-order chi connectivity index (χ0) is 20.6. The Morgan fingerprint density at radius 1 is 0.966 bits per heavy atom. The van der Waals surface area contributed by atoms with E-state index in [4.69, 9.17) is 32.7 Å². The summed E-state index contributed by atoms with van der Waals surface area (Å²) in [5.41, 5.74) is 3.46. The number of benzene rings is 3. The summed E-state index contributed by atoms with van der Waals surface area (Å²) in [5, 5.41) is 4.52. The Morgan fingerprint density at radius 2 is 1.69 bits per heavy atom. The second kappa shape index (κ2) is 10.2. The molecule has 29 heavy (non-hydrogen) atoms. The van der Waals surface area contributed by atoms with Crippen LogP contribution < -0.4 is 10.1 Å². The molecule has 3 aromatic carbocycles. The predicted octanol–water partition coefficient (Wildman–Crippen LogP) is 6.36. The fourth-order valence-electron chi connectivity index (χ4n) is 2.65. The maximum absolute atomic E-state index is 11.7. The van der Waals surface area contributed by atoms with Gasteiger partial charge in [0.1, 0.15) is 12.4 Å². The summed E-state index contributed by atoms with van der Waals surface area (Å²) in [6, 6.07) is 20.4. The first-order valence-corrected chi connectivity index (χ1v) is 9.97. The molecular formula is C23H21Cl2NO3. The van der Waals surface area contributed by atoms with E-state index in [1.807, 2.05) is 42.5 Å². The molecule has 0 atom stereocenters. The first kappa shape index (κ1) is 21.0. The molecule has 0 aromatic heterocycles. The Labute approximate surface area is 180 Å². The summed E-state index contributed by atoms with van der Waals surface area (Å²) in [6.45, 7) is 3.19. The molecule has 0 fully saturated rings. The second-order valence-corrected chi connectivity index (χ2v) is 7.16. The molecule has 0 aliphatic rings. The van der Waals surface area contributed by atoms with Gasteiger partial charge in [-0.3, -0.25) is 0 Å². The van der Waals surface area contributed by atoms with Crippen molar-refractivity contribution in [1.82, 2.24) is 0 Å². The number of anilines is 1. The Balaban J connectivity index is 1.50. The topological polar surface area (TPSA) is 47.6 Å². The van der Waals surface area contributed by atoms with Gasteiger partial charge in [0.2, 0.25) is 0 Å². The SMILES string of the molecule is CCOC(=O)c1ccc(NCc2ccc(OCc3ccc(Cl)cc3Cl)cc2)cc1. The van der Waals surface area contributed by atoms with Gasteiger partial charge in [-0.1, -0.05) is 41.4 Å². The van der Waals surface area contributed by atoms with Crippen LogP contribution in [0.1, 0.15) is 28.4 Å². The molecule has 0 unspecified atom stereocenters. The van der Waals surface area contributed by atoms with E-state index in [1.54, 1.807) is 31.2 Å². The van der Waals surface area contributed by atoms with Gasteiger partial charge in [0.15, 0.2) is 0 Å². The van der Waals surface area contributed by atoms with Gasteiger partial charge in [0.05, 0.1) is 12.2 Å². The largest absolute Gasteiger partial charge is 0.489 e. The Hall–Kier alpha value is -2.69. The number of halogens is 2. The predicted molar refractivity (Wildman–Crippen MR) is 117 cm³/mol. The smallest absolute Gasteiger partial charge is 0.338 e. The third-order valence-electron chi connectivity index (χ3n) is 4.23. The molecule has 0 saturated heterocycles. The van der Waals surface area contributed by atoms with Crippen LogP contribution in [0.5, 0.6) is 5.75 Å². The van der Waals surface area contributed by atoms with Crippen molar-refractivity contribution in [1.29, 1.82) is 0 Å². The zero-order valence-corrected chi connectivity index (χ0v) is 17.5. The highest BCUT2D eigenvalue weighted by atomic mass is 35.5. The Kier molecular flexibility index (Phi) is 7.39.